The number of rotatable bonds is 1. The molecular formula is C8H16N2. The van der Waals surface area contributed by atoms with Gasteiger partial charge in [0.05, 0.1) is 0 Å². The highest BCUT2D eigenvalue weighted by Crippen LogP contribution is 2.25. The molecule has 2 unspecified atom stereocenters. The lowest BCUT2D eigenvalue weighted by atomic mass is 10.1. The first-order chi connectivity index (χ1) is 4.86. The molecule has 0 aromatic carbocycles. The predicted molar refractivity (Wildman–Crippen MR) is 41.8 cm³/mol. The van der Waals surface area contributed by atoms with E-state index in [-0.39, 0.29) is 0 Å². The maximum Gasteiger partial charge on any atom is 0.0111 e. The van der Waals surface area contributed by atoms with E-state index in [1.165, 1.54) is 38.8 Å². The average Bonchev–Trinajstić information content (AvgIpc) is 2.10. The normalized spacial score (nSPS) is 41.7. The van der Waals surface area contributed by atoms with Gasteiger partial charge in [-0.1, -0.05) is 0 Å². The molecule has 10 heavy (non-hydrogen) atoms. The van der Waals surface area contributed by atoms with Crippen molar-refractivity contribution in [3.8, 4) is 0 Å². The third kappa shape index (κ3) is 1.06. The molecule has 2 fully saturated rings. The molecule has 2 rings (SSSR count). The van der Waals surface area contributed by atoms with Crippen LogP contribution in [-0.2, 0) is 0 Å². The fourth-order valence-corrected chi connectivity index (χ4v) is 2.03. The van der Waals surface area contributed by atoms with Gasteiger partial charge in [0.1, 0.15) is 0 Å². The lowest BCUT2D eigenvalue weighted by molar-refractivity contribution is 0.120. The Hall–Kier alpha value is -0.0800. The smallest absolute Gasteiger partial charge is 0.0111 e. The molecule has 2 N–H and O–H groups in total. The molecule has 2 atom stereocenters. The Morgan fingerprint density at radius 1 is 1.20 bits per heavy atom. The third-order valence-electron chi connectivity index (χ3n) is 2.85. The molecule has 2 nitrogen and oxygen atoms in total. The van der Waals surface area contributed by atoms with Crippen molar-refractivity contribution in [3.05, 3.63) is 0 Å². The molecule has 2 aliphatic rings. The Morgan fingerprint density at radius 3 is 2.40 bits per heavy atom. The second kappa shape index (κ2) is 2.51. The maximum absolute atomic E-state index is 5.82. The SMILES string of the molecule is NC1CCC(N2CCC2)C1. The van der Waals surface area contributed by atoms with Crippen molar-refractivity contribution in [1.29, 1.82) is 0 Å². The summed E-state index contributed by atoms with van der Waals surface area (Å²) in [6.07, 6.45) is 5.26. The van der Waals surface area contributed by atoms with E-state index in [1.54, 1.807) is 0 Å². The van der Waals surface area contributed by atoms with Crippen LogP contribution in [0.2, 0.25) is 0 Å². The van der Waals surface area contributed by atoms with Crippen LogP contribution in [0.1, 0.15) is 25.7 Å². The first kappa shape index (κ1) is 6.62. The average molecular weight is 140 g/mol. The van der Waals surface area contributed by atoms with Crippen LogP contribution >= 0.6 is 0 Å². The molecule has 0 amide bonds. The molecule has 0 spiro atoms. The van der Waals surface area contributed by atoms with Gasteiger partial charge in [0.2, 0.25) is 0 Å². The standard InChI is InChI=1S/C8H16N2/c9-7-2-3-8(6-7)10-4-1-5-10/h7-8H,1-6,9H2. The second-order valence-electron chi connectivity index (χ2n) is 3.62. The van der Waals surface area contributed by atoms with E-state index in [2.05, 4.69) is 4.90 Å². The first-order valence-electron chi connectivity index (χ1n) is 4.36. The quantitative estimate of drug-likeness (QED) is 0.577. The van der Waals surface area contributed by atoms with Crippen molar-refractivity contribution in [1.82, 2.24) is 4.90 Å². The van der Waals surface area contributed by atoms with E-state index in [4.69, 9.17) is 5.73 Å². The molecule has 1 aliphatic carbocycles. The molecular weight excluding hydrogens is 124 g/mol. The lowest BCUT2D eigenvalue weighted by Crippen LogP contribution is -2.44. The summed E-state index contributed by atoms with van der Waals surface area (Å²) in [6.45, 7) is 2.66. The Bertz CT molecular complexity index is 120. The van der Waals surface area contributed by atoms with Crippen molar-refractivity contribution >= 4 is 0 Å². The third-order valence-corrected chi connectivity index (χ3v) is 2.85. The fraction of sp³-hybridized carbons (Fsp3) is 1.00. The van der Waals surface area contributed by atoms with Crippen LogP contribution < -0.4 is 5.73 Å². The Kier molecular flexibility index (Phi) is 1.66. The second-order valence-corrected chi connectivity index (χ2v) is 3.62. The van der Waals surface area contributed by atoms with Gasteiger partial charge in [0.25, 0.3) is 0 Å². The molecule has 2 heteroatoms. The summed E-state index contributed by atoms with van der Waals surface area (Å²) < 4.78 is 0. The highest BCUT2D eigenvalue weighted by Gasteiger charge is 2.29. The molecule has 0 aromatic heterocycles. The number of likely N-dealkylation sites (tertiary alicyclic amines) is 1. The van der Waals surface area contributed by atoms with Crippen LogP contribution in [0.5, 0.6) is 0 Å². The number of hydrogen-bond donors (Lipinski definition) is 1. The monoisotopic (exact) mass is 140 g/mol. The Morgan fingerprint density at radius 2 is 2.00 bits per heavy atom. The molecule has 0 radical (unpaired) electrons. The molecule has 1 saturated heterocycles. The zero-order valence-corrected chi connectivity index (χ0v) is 6.42. The van der Waals surface area contributed by atoms with Gasteiger partial charge in [0.15, 0.2) is 0 Å². The van der Waals surface area contributed by atoms with E-state index in [0.29, 0.717) is 6.04 Å². The van der Waals surface area contributed by atoms with Crippen LogP contribution in [0.4, 0.5) is 0 Å². The molecule has 58 valence electrons. The molecule has 0 aromatic rings. The molecule has 1 heterocycles. The minimum absolute atomic E-state index is 0.505. The van der Waals surface area contributed by atoms with E-state index < -0.39 is 0 Å². The van der Waals surface area contributed by atoms with E-state index >= 15 is 0 Å². The zero-order valence-electron chi connectivity index (χ0n) is 6.42. The fourth-order valence-electron chi connectivity index (χ4n) is 2.03. The van der Waals surface area contributed by atoms with Gasteiger partial charge in [-0.3, -0.25) is 0 Å². The predicted octanol–water partition coefficient (Wildman–Crippen LogP) is 0.572. The summed E-state index contributed by atoms with van der Waals surface area (Å²) >= 11 is 0. The van der Waals surface area contributed by atoms with Crippen LogP contribution in [0.15, 0.2) is 0 Å². The Labute approximate surface area is 62.4 Å². The van der Waals surface area contributed by atoms with Gasteiger partial charge in [-0.15, -0.1) is 0 Å². The maximum atomic E-state index is 5.82. The topological polar surface area (TPSA) is 29.3 Å². The van der Waals surface area contributed by atoms with Crippen molar-refractivity contribution in [2.75, 3.05) is 13.1 Å². The number of nitrogens with two attached hydrogens (primary N) is 1. The number of hydrogen-bond acceptors (Lipinski definition) is 2. The molecule has 0 bridgehead atoms. The first-order valence-corrected chi connectivity index (χ1v) is 4.36. The summed E-state index contributed by atoms with van der Waals surface area (Å²) in [7, 11) is 0. The van der Waals surface area contributed by atoms with Gasteiger partial charge in [-0.05, 0) is 38.8 Å². The van der Waals surface area contributed by atoms with Crippen LogP contribution in [0.25, 0.3) is 0 Å². The van der Waals surface area contributed by atoms with Gasteiger partial charge in [-0.25, -0.2) is 0 Å². The molecule has 1 saturated carbocycles. The zero-order chi connectivity index (χ0) is 6.97. The Balaban J connectivity index is 1.82. The van der Waals surface area contributed by atoms with Crippen LogP contribution in [-0.4, -0.2) is 30.1 Å². The van der Waals surface area contributed by atoms with Gasteiger partial charge < -0.3 is 10.6 Å². The van der Waals surface area contributed by atoms with Gasteiger partial charge >= 0.3 is 0 Å². The number of nitrogens with zero attached hydrogens (tertiary/aromatic N) is 1. The summed E-state index contributed by atoms with van der Waals surface area (Å²) in [5.41, 5.74) is 5.82. The van der Waals surface area contributed by atoms with Crippen LogP contribution in [0, 0.1) is 0 Å². The summed E-state index contributed by atoms with van der Waals surface area (Å²) in [5, 5.41) is 0. The summed E-state index contributed by atoms with van der Waals surface area (Å²) in [4.78, 5) is 2.58. The minimum Gasteiger partial charge on any atom is -0.328 e. The van der Waals surface area contributed by atoms with E-state index in [0.717, 1.165) is 6.04 Å². The highest BCUT2D eigenvalue weighted by atomic mass is 15.2. The van der Waals surface area contributed by atoms with Crippen molar-refractivity contribution in [2.24, 2.45) is 5.73 Å². The van der Waals surface area contributed by atoms with E-state index in [9.17, 15) is 0 Å². The van der Waals surface area contributed by atoms with Crippen molar-refractivity contribution in [2.45, 2.75) is 37.8 Å². The van der Waals surface area contributed by atoms with Crippen molar-refractivity contribution in [3.63, 3.8) is 0 Å². The van der Waals surface area contributed by atoms with Gasteiger partial charge in [0, 0.05) is 12.1 Å². The molecule has 1 aliphatic heterocycles. The van der Waals surface area contributed by atoms with Gasteiger partial charge in [-0.2, -0.15) is 0 Å². The van der Waals surface area contributed by atoms with Crippen molar-refractivity contribution < 1.29 is 0 Å². The summed E-state index contributed by atoms with van der Waals surface area (Å²) in [5.74, 6) is 0. The van der Waals surface area contributed by atoms with E-state index in [1.807, 2.05) is 0 Å². The largest absolute Gasteiger partial charge is 0.328 e. The summed E-state index contributed by atoms with van der Waals surface area (Å²) in [6, 6.07) is 1.36. The highest BCUT2D eigenvalue weighted by molar-refractivity contribution is 4.87. The minimum atomic E-state index is 0.505. The van der Waals surface area contributed by atoms with Crippen LogP contribution in [0.3, 0.4) is 0 Å². The lowest BCUT2D eigenvalue weighted by Gasteiger charge is -2.36.